The van der Waals surface area contributed by atoms with Gasteiger partial charge in [0.1, 0.15) is 5.82 Å². The minimum Gasteiger partial charge on any atom is -0.392 e. The lowest BCUT2D eigenvalue weighted by atomic mass is 10.2. The van der Waals surface area contributed by atoms with Gasteiger partial charge in [-0.25, -0.2) is 4.98 Å². The lowest BCUT2D eigenvalue weighted by Gasteiger charge is -2.19. The predicted octanol–water partition coefficient (Wildman–Crippen LogP) is 1.91. The van der Waals surface area contributed by atoms with Gasteiger partial charge in [-0.3, -0.25) is 4.98 Å². The summed E-state index contributed by atoms with van der Waals surface area (Å²) in [5.74, 6) is 0.864. The summed E-state index contributed by atoms with van der Waals surface area (Å²) >= 11 is 0. The predicted molar refractivity (Wildman–Crippen MR) is 71.2 cm³/mol. The maximum atomic E-state index is 9.20. The summed E-state index contributed by atoms with van der Waals surface area (Å²) in [7, 11) is 1.98. The molecule has 0 amide bonds. The average Bonchev–Trinajstić information content (AvgIpc) is 2.39. The molecule has 0 fully saturated rings. The molecule has 0 saturated carbocycles. The Morgan fingerprint density at radius 3 is 2.78 bits per heavy atom. The number of hydrogen-bond donors (Lipinski definition) is 1. The van der Waals surface area contributed by atoms with Crippen LogP contribution in [0.5, 0.6) is 0 Å². The summed E-state index contributed by atoms with van der Waals surface area (Å²) in [5.41, 5.74) is 2.93. The lowest BCUT2D eigenvalue weighted by Crippen LogP contribution is -2.18. The Morgan fingerprint density at radius 2 is 2.11 bits per heavy atom. The first-order valence-corrected chi connectivity index (χ1v) is 5.87. The van der Waals surface area contributed by atoms with Crippen molar-refractivity contribution in [2.45, 2.75) is 20.1 Å². The zero-order valence-corrected chi connectivity index (χ0v) is 10.7. The van der Waals surface area contributed by atoms with Gasteiger partial charge in [0.25, 0.3) is 0 Å². The van der Waals surface area contributed by atoms with Gasteiger partial charge in [-0.15, -0.1) is 0 Å². The van der Waals surface area contributed by atoms with E-state index < -0.39 is 0 Å². The highest BCUT2D eigenvalue weighted by atomic mass is 16.3. The van der Waals surface area contributed by atoms with Crippen LogP contribution >= 0.6 is 0 Å². The third-order valence-corrected chi connectivity index (χ3v) is 2.72. The standard InChI is InChI=1S/C14H17N3O/c1-11-6-13(10-18)7-14(16-11)17(2)9-12-4-3-5-15-8-12/h3-8,18H,9-10H2,1-2H3. The van der Waals surface area contributed by atoms with Gasteiger partial charge in [0.15, 0.2) is 0 Å². The number of aromatic nitrogens is 2. The van der Waals surface area contributed by atoms with Crippen molar-refractivity contribution >= 4 is 5.82 Å². The van der Waals surface area contributed by atoms with Crippen molar-refractivity contribution in [3.05, 3.63) is 53.5 Å². The van der Waals surface area contributed by atoms with E-state index in [2.05, 4.69) is 9.97 Å². The Morgan fingerprint density at radius 1 is 1.28 bits per heavy atom. The topological polar surface area (TPSA) is 49.2 Å². The van der Waals surface area contributed by atoms with Crippen LogP contribution < -0.4 is 4.90 Å². The van der Waals surface area contributed by atoms with Crippen LogP contribution in [0.25, 0.3) is 0 Å². The first-order valence-electron chi connectivity index (χ1n) is 5.87. The summed E-state index contributed by atoms with van der Waals surface area (Å²) < 4.78 is 0. The number of aryl methyl sites for hydroxylation is 1. The number of nitrogens with zero attached hydrogens (tertiary/aromatic N) is 3. The van der Waals surface area contributed by atoms with Crippen molar-refractivity contribution in [2.75, 3.05) is 11.9 Å². The molecule has 2 rings (SSSR count). The van der Waals surface area contributed by atoms with Crippen LogP contribution in [0, 0.1) is 6.92 Å². The molecule has 0 aliphatic heterocycles. The summed E-state index contributed by atoms with van der Waals surface area (Å²) in [6.45, 7) is 2.72. The quantitative estimate of drug-likeness (QED) is 0.891. The minimum atomic E-state index is 0.0388. The Bertz CT molecular complexity index is 514. The van der Waals surface area contributed by atoms with Gasteiger partial charge in [0.2, 0.25) is 0 Å². The molecule has 0 aliphatic carbocycles. The molecule has 0 bridgehead atoms. The minimum absolute atomic E-state index is 0.0388. The van der Waals surface area contributed by atoms with Crippen LogP contribution in [0.4, 0.5) is 5.82 Å². The lowest BCUT2D eigenvalue weighted by molar-refractivity contribution is 0.281. The Hall–Kier alpha value is -1.94. The van der Waals surface area contributed by atoms with Gasteiger partial charge in [0, 0.05) is 31.7 Å². The van der Waals surface area contributed by atoms with Crippen molar-refractivity contribution in [2.24, 2.45) is 0 Å². The van der Waals surface area contributed by atoms with Crippen LogP contribution in [0.3, 0.4) is 0 Å². The molecule has 0 aliphatic rings. The van der Waals surface area contributed by atoms with Gasteiger partial charge < -0.3 is 10.0 Å². The second-order valence-corrected chi connectivity index (χ2v) is 4.35. The van der Waals surface area contributed by atoms with Gasteiger partial charge in [-0.05, 0) is 36.2 Å². The monoisotopic (exact) mass is 243 g/mol. The molecule has 0 saturated heterocycles. The van der Waals surface area contributed by atoms with Crippen LogP contribution in [-0.2, 0) is 13.2 Å². The van der Waals surface area contributed by atoms with E-state index in [4.69, 9.17) is 0 Å². The van der Waals surface area contributed by atoms with E-state index in [1.165, 1.54) is 0 Å². The first kappa shape index (κ1) is 12.5. The molecule has 18 heavy (non-hydrogen) atoms. The summed E-state index contributed by atoms with van der Waals surface area (Å²) in [6.07, 6.45) is 3.61. The zero-order valence-electron chi connectivity index (χ0n) is 10.7. The second kappa shape index (κ2) is 5.60. The molecule has 4 nitrogen and oxygen atoms in total. The van der Waals surface area contributed by atoms with E-state index in [-0.39, 0.29) is 6.61 Å². The first-order chi connectivity index (χ1) is 8.69. The van der Waals surface area contributed by atoms with E-state index in [1.807, 2.05) is 49.3 Å². The molecule has 0 atom stereocenters. The molecule has 0 spiro atoms. The normalized spacial score (nSPS) is 10.4. The zero-order chi connectivity index (χ0) is 13.0. The molecule has 2 heterocycles. The number of rotatable bonds is 4. The van der Waals surface area contributed by atoms with Crippen LogP contribution in [0.2, 0.25) is 0 Å². The maximum absolute atomic E-state index is 9.20. The highest BCUT2D eigenvalue weighted by molar-refractivity contribution is 5.42. The van der Waals surface area contributed by atoms with Gasteiger partial charge in [-0.1, -0.05) is 6.07 Å². The van der Waals surface area contributed by atoms with Crippen LogP contribution in [0.1, 0.15) is 16.8 Å². The van der Waals surface area contributed by atoms with Crippen molar-refractivity contribution in [1.29, 1.82) is 0 Å². The molecule has 4 heteroatoms. The number of anilines is 1. The Balaban J connectivity index is 2.18. The van der Waals surface area contributed by atoms with Gasteiger partial charge in [-0.2, -0.15) is 0 Å². The maximum Gasteiger partial charge on any atom is 0.129 e. The molecule has 94 valence electrons. The van der Waals surface area contributed by atoms with E-state index in [0.29, 0.717) is 0 Å². The molecule has 0 radical (unpaired) electrons. The Kier molecular flexibility index (Phi) is 3.89. The number of pyridine rings is 2. The van der Waals surface area contributed by atoms with E-state index >= 15 is 0 Å². The van der Waals surface area contributed by atoms with E-state index in [9.17, 15) is 5.11 Å². The molecular formula is C14H17N3O. The summed E-state index contributed by atoms with van der Waals surface area (Å²) in [5, 5.41) is 9.20. The molecule has 2 aromatic heterocycles. The summed E-state index contributed by atoms with van der Waals surface area (Å²) in [4.78, 5) is 10.6. The molecular weight excluding hydrogens is 226 g/mol. The fraction of sp³-hybridized carbons (Fsp3) is 0.286. The second-order valence-electron chi connectivity index (χ2n) is 4.35. The fourth-order valence-corrected chi connectivity index (χ4v) is 1.85. The number of aliphatic hydroxyl groups excluding tert-OH is 1. The van der Waals surface area contributed by atoms with Crippen LogP contribution in [-0.4, -0.2) is 22.1 Å². The number of aliphatic hydroxyl groups is 1. The van der Waals surface area contributed by atoms with Crippen LogP contribution in [0.15, 0.2) is 36.7 Å². The number of hydrogen-bond acceptors (Lipinski definition) is 4. The fourth-order valence-electron chi connectivity index (χ4n) is 1.85. The molecule has 1 N–H and O–H groups in total. The third kappa shape index (κ3) is 3.05. The Labute approximate surface area is 107 Å². The highest BCUT2D eigenvalue weighted by Crippen LogP contribution is 2.15. The average molecular weight is 243 g/mol. The van der Waals surface area contributed by atoms with E-state index in [0.717, 1.165) is 29.2 Å². The highest BCUT2D eigenvalue weighted by Gasteiger charge is 2.06. The van der Waals surface area contributed by atoms with E-state index in [1.54, 1.807) is 6.20 Å². The molecule has 2 aromatic rings. The van der Waals surface area contributed by atoms with Crippen molar-refractivity contribution in [3.8, 4) is 0 Å². The van der Waals surface area contributed by atoms with Gasteiger partial charge in [0.05, 0.1) is 6.61 Å². The smallest absolute Gasteiger partial charge is 0.129 e. The largest absolute Gasteiger partial charge is 0.392 e. The third-order valence-electron chi connectivity index (χ3n) is 2.72. The SMILES string of the molecule is Cc1cc(CO)cc(N(C)Cc2cccnc2)n1. The van der Waals surface area contributed by atoms with Gasteiger partial charge >= 0.3 is 0 Å². The molecule has 0 aromatic carbocycles. The molecule has 0 unspecified atom stereocenters. The van der Waals surface area contributed by atoms with Crippen molar-refractivity contribution in [1.82, 2.24) is 9.97 Å². The van der Waals surface area contributed by atoms with Crippen molar-refractivity contribution in [3.63, 3.8) is 0 Å². The summed E-state index contributed by atoms with van der Waals surface area (Å²) in [6, 6.07) is 7.75. The van der Waals surface area contributed by atoms with Crippen molar-refractivity contribution < 1.29 is 5.11 Å².